The van der Waals surface area contributed by atoms with Crippen LogP contribution in [0.15, 0.2) is 66.1 Å². The Kier molecular flexibility index (Phi) is 8.70. The van der Waals surface area contributed by atoms with Gasteiger partial charge >= 0.3 is 0 Å². The van der Waals surface area contributed by atoms with Gasteiger partial charge in [0.1, 0.15) is 5.69 Å². The Morgan fingerprint density at radius 3 is 2.68 bits per heavy atom. The number of aromatic nitrogens is 3. The maximum absolute atomic E-state index is 13.5. The topological polar surface area (TPSA) is 127 Å². The van der Waals surface area contributed by atoms with E-state index < -0.39 is 28.1 Å². The SMILES string of the molecule is Cc1cccc(C(=O)N[C@@H](Cc2ccccc2)[C@H](O)CN(CC2CCCO2)S(=O)(=O)c2cn(C)cn2)n1. The molecule has 1 aliphatic rings. The lowest BCUT2D eigenvalue weighted by atomic mass is 10.0. The van der Waals surface area contributed by atoms with Crippen LogP contribution >= 0.6 is 0 Å². The molecule has 4 rings (SSSR count). The highest BCUT2D eigenvalue weighted by Gasteiger charge is 2.34. The average molecular weight is 528 g/mol. The minimum atomic E-state index is -4.02. The Labute approximate surface area is 217 Å². The maximum Gasteiger partial charge on any atom is 0.270 e. The third kappa shape index (κ3) is 7.01. The van der Waals surface area contributed by atoms with E-state index in [-0.39, 0.29) is 29.9 Å². The van der Waals surface area contributed by atoms with Crippen LogP contribution in [0.25, 0.3) is 0 Å². The Hall–Kier alpha value is -3.12. The monoisotopic (exact) mass is 527 g/mol. The van der Waals surface area contributed by atoms with Gasteiger partial charge in [-0.2, -0.15) is 4.31 Å². The van der Waals surface area contributed by atoms with E-state index in [0.717, 1.165) is 18.4 Å². The summed E-state index contributed by atoms with van der Waals surface area (Å²) in [7, 11) is -2.33. The summed E-state index contributed by atoms with van der Waals surface area (Å²) in [6.07, 6.45) is 3.24. The molecule has 2 N–H and O–H groups in total. The summed E-state index contributed by atoms with van der Waals surface area (Å²) in [6.45, 7) is 2.21. The van der Waals surface area contributed by atoms with Crippen molar-refractivity contribution in [3.63, 3.8) is 0 Å². The summed E-state index contributed by atoms with van der Waals surface area (Å²) >= 11 is 0. The lowest BCUT2D eigenvalue weighted by molar-refractivity contribution is 0.0623. The third-order valence-electron chi connectivity index (χ3n) is 6.31. The van der Waals surface area contributed by atoms with Gasteiger partial charge in [-0.1, -0.05) is 36.4 Å². The molecule has 0 saturated carbocycles. The summed E-state index contributed by atoms with van der Waals surface area (Å²) in [6, 6.07) is 13.8. The number of benzene rings is 1. The predicted octanol–water partition coefficient (Wildman–Crippen LogP) is 1.70. The van der Waals surface area contributed by atoms with Crippen molar-refractivity contribution in [1.82, 2.24) is 24.2 Å². The van der Waals surface area contributed by atoms with Crippen LogP contribution in [0.2, 0.25) is 0 Å². The fraction of sp³-hybridized carbons (Fsp3) is 0.423. The standard InChI is InChI=1S/C26H33N5O5S/c1-19-8-6-12-22(28-19)26(33)29-23(14-20-9-4-3-5-10-20)24(32)16-31(15-21-11-7-13-36-21)37(34,35)25-17-30(2)18-27-25/h3-6,8-10,12,17-18,21,23-24,32H,7,11,13-16H2,1-2H3,(H,29,33)/t21?,23-,24+/m0/s1. The number of nitrogens with zero attached hydrogens (tertiary/aromatic N) is 4. The van der Waals surface area contributed by atoms with Crippen LogP contribution < -0.4 is 5.32 Å². The van der Waals surface area contributed by atoms with Crippen molar-refractivity contribution in [2.75, 3.05) is 19.7 Å². The first kappa shape index (κ1) is 26.9. The molecular weight excluding hydrogens is 494 g/mol. The molecule has 0 radical (unpaired) electrons. The van der Waals surface area contributed by atoms with E-state index in [2.05, 4.69) is 15.3 Å². The molecule has 0 aliphatic carbocycles. The van der Waals surface area contributed by atoms with Gasteiger partial charge in [-0.15, -0.1) is 0 Å². The fourth-order valence-corrected chi connectivity index (χ4v) is 5.80. The molecule has 3 atom stereocenters. The number of hydrogen-bond donors (Lipinski definition) is 2. The van der Waals surface area contributed by atoms with E-state index in [4.69, 9.17) is 4.74 Å². The smallest absolute Gasteiger partial charge is 0.270 e. The average Bonchev–Trinajstić information content (AvgIpc) is 3.56. The summed E-state index contributed by atoms with van der Waals surface area (Å²) < 4.78 is 35.5. The molecule has 1 saturated heterocycles. The van der Waals surface area contributed by atoms with Crippen molar-refractivity contribution >= 4 is 15.9 Å². The molecule has 1 aliphatic heterocycles. The van der Waals surface area contributed by atoms with Gasteiger partial charge in [0, 0.05) is 38.6 Å². The summed E-state index contributed by atoms with van der Waals surface area (Å²) in [5.41, 5.74) is 1.81. The first-order valence-electron chi connectivity index (χ1n) is 12.3. The Morgan fingerprint density at radius 1 is 1.24 bits per heavy atom. The first-order valence-corrected chi connectivity index (χ1v) is 13.7. The molecule has 1 aromatic carbocycles. The lowest BCUT2D eigenvalue weighted by Crippen LogP contribution is -2.51. The molecule has 198 valence electrons. The number of aliphatic hydroxyl groups is 1. The fourth-order valence-electron chi connectivity index (χ4n) is 4.34. The van der Waals surface area contributed by atoms with Crippen LogP contribution in [0.4, 0.5) is 0 Å². The van der Waals surface area contributed by atoms with Crippen molar-refractivity contribution in [1.29, 1.82) is 0 Å². The Bertz CT molecular complexity index is 1290. The number of pyridine rings is 1. The van der Waals surface area contributed by atoms with Crippen molar-refractivity contribution in [3.05, 3.63) is 78.0 Å². The van der Waals surface area contributed by atoms with Crippen molar-refractivity contribution in [2.45, 2.75) is 49.5 Å². The van der Waals surface area contributed by atoms with Crippen LogP contribution in [0.5, 0.6) is 0 Å². The highest BCUT2D eigenvalue weighted by molar-refractivity contribution is 7.89. The van der Waals surface area contributed by atoms with Crippen LogP contribution in [0.3, 0.4) is 0 Å². The van der Waals surface area contributed by atoms with Crippen molar-refractivity contribution < 1.29 is 23.1 Å². The second-order valence-corrected chi connectivity index (χ2v) is 11.2. The van der Waals surface area contributed by atoms with Gasteiger partial charge in [-0.05, 0) is 43.9 Å². The quantitative estimate of drug-likeness (QED) is 0.389. The number of aliphatic hydroxyl groups excluding tert-OH is 1. The van der Waals surface area contributed by atoms with Gasteiger partial charge < -0.3 is 19.7 Å². The number of nitrogens with one attached hydrogen (secondary N) is 1. The summed E-state index contributed by atoms with van der Waals surface area (Å²) in [4.78, 5) is 21.3. The number of rotatable bonds is 11. The number of sulfonamides is 1. The molecule has 0 spiro atoms. The van der Waals surface area contributed by atoms with Gasteiger partial charge in [-0.3, -0.25) is 4.79 Å². The van der Waals surface area contributed by atoms with Gasteiger partial charge in [0.25, 0.3) is 15.9 Å². The zero-order chi connectivity index (χ0) is 26.4. The normalized spacial score (nSPS) is 17.6. The largest absolute Gasteiger partial charge is 0.390 e. The van der Waals surface area contributed by atoms with Gasteiger partial charge in [0.05, 0.1) is 24.6 Å². The number of imidazole rings is 1. The van der Waals surface area contributed by atoms with E-state index in [1.807, 2.05) is 30.3 Å². The molecule has 3 aromatic rings. The van der Waals surface area contributed by atoms with E-state index in [1.165, 1.54) is 16.8 Å². The Morgan fingerprint density at radius 2 is 2.03 bits per heavy atom. The molecule has 3 heterocycles. The van der Waals surface area contributed by atoms with E-state index in [1.54, 1.807) is 36.7 Å². The van der Waals surface area contributed by atoms with Crippen LogP contribution in [0.1, 0.15) is 34.6 Å². The molecule has 1 amide bonds. The molecular formula is C26H33N5O5S. The number of hydrogen-bond acceptors (Lipinski definition) is 7. The number of amides is 1. The van der Waals surface area contributed by atoms with E-state index in [0.29, 0.717) is 18.7 Å². The van der Waals surface area contributed by atoms with Crippen LogP contribution in [0, 0.1) is 6.92 Å². The minimum absolute atomic E-state index is 0.0847. The molecule has 11 heteroatoms. The van der Waals surface area contributed by atoms with Crippen LogP contribution in [-0.4, -0.2) is 76.2 Å². The molecule has 2 aromatic heterocycles. The molecule has 0 bridgehead atoms. The number of ether oxygens (including phenoxy) is 1. The van der Waals surface area contributed by atoms with E-state index in [9.17, 15) is 18.3 Å². The van der Waals surface area contributed by atoms with Gasteiger partial charge in [-0.25, -0.2) is 18.4 Å². The first-order chi connectivity index (χ1) is 17.7. The Balaban J connectivity index is 1.59. The zero-order valence-electron chi connectivity index (χ0n) is 21.0. The van der Waals surface area contributed by atoms with E-state index >= 15 is 0 Å². The molecule has 37 heavy (non-hydrogen) atoms. The number of carbonyl (C=O) groups excluding carboxylic acids is 1. The number of carbonyl (C=O) groups is 1. The molecule has 10 nitrogen and oxygen atoms in total. The third-order valence-corrected chi connectivity index (χ3v) is 8.03. The minimum Gasteiger partial charge on any atom is -0.390 e. The highest BCUT2D eigenvalue weighted by Crippen LogP contribution is 2.20. The second-order valence-electron chi connectivity index (χ2n) is 9.34. The van der Waals surface area contributed by atoms with Crippen molar-refractivity contribution in [2.24, 2.45) is 7.05 Å². The number of aryl methyl sites for hydroxylation is 2. The molecule has 1 unspecified atom stereocenters. The lowest BCUT2D eigenvalue weighted by Gasteiger charge is -2.30. The zero-order valence-corrected chi connectivity index (χ0v) is 21.8. The molecule has 1 fully saturated rings. The van der Waals surface area contributed by atoms with Gasteiger partial charge in [0.15, 0.2) is 5.03 Å². The predicted molar refractivity (Wildman–Crippen MR) is 137 cm³/mol. The van der Waals surface area contributed by atoms with Crippen LogP contribution in [-0.2, 0) is 28.2 Å². The highest BCUT2D eigenvalue weighted by atomic mass is 32.2. The summed E-state index contributed by atoms with van der Waals surface area (Å²) in [5.74, 6) is -0.443. The maximum atomic E-state index is 13.5. The van der Waals surface area contributed by atoms with Gasteiger partial charge in [0.2, 0.25) is 0 Å². The summed E-state index contributed by atoms with van der Waals surface area (Å²) in [5, 5.41) is 14.1. The van der Waals surface area contributed by atoms with Crippen molar-refractivity contribution in [3.8, 4) is 0 Å². The second kappa shape index (κ2) is 12.0.